The van der Waals surface area contributed by atoms with Crippen LogP contribution in [0.5, 0.6) is 5.75 Å². The molecule has 3 heterocycles. The van der Waals surface area contributed by atoms with Crippen molar-refractivity contribution in [2.75, 3.05) is 6.61 Å². The number of rotatable bonds is 4. The van der Waals surface area contributed by atoms with Gasteiger partial charge in [0.2, 0.25) is 11.8 Å². The van der Waals surface area contributed by atoms with E-state index in [-0.39, 0.29) is 30.7 Å². The molecule has 3 aliphatic rings. The number of nitrogens with one attached hydrogen (secondary N) is 2. The number of piperidine rings is 1. The fourth-order valence-electron chi connectivity index (χ4n) is 4.28. The number of fused-ring (bicyclic) bond motifs is 2. The molecule has 0 saturated carbocycles. The summed E-state index contributed by atoms with van der Waals surface area (Å²) in [6.07, 6.45) is 2.37. The van der Waals surface area contributed by atoms with E-state index in [4.69, 9.17) is 4.74 Å². The van der Waals surface area contributed by atoms with Crippen LogP contribution in [0.25, 0.3) is 6.08 Å². The molecule has 8 heteroatoms. The van der Waals surface area contributed by atoms with Gasteiger partial charge in [-0.1, -0.05) is 30.3 Å². The zero-order chi connectivity index (χ0) is 22.2. The van der Waals surface area contributed by atoms with Crippen molar-refractivity contribution in [2.45, 2.75) is 32.0 Å². The molecule has 0 spiro atoms. The highest BCUT2D eigenvalue weighted by Gasteiger charge is 2.39. The summed E-state index contributed by atoms with van der Waals surface area (Å²) in [5, 5.41) is 5.20. The van der Waals surface area contributed by atoms with Crippen molar-refractivity contribution in [1.29, 1.82) is 0 Å². The normalized spacial score (nSPS) is 19.5. The Labute approximate surface area is 184 Å². The number of benzene rings is 2. The zero-order valence-corrected chi connectivity index (χ0v) is 17.2. The number of amides is 4. The number of hydrogen-bond acceptors (Lipinski definition) is 5. The van der Waals surface area contributed by atoms with Gasteiger partial charge < -0.3 is 15.0 Å². The zero-order valence-electron chi connectivity index (χ0n) is 17.2. The van der Waals surface area contributed by atoms with Gasteiger partial charge in [0.05, 0.1) is 5.57 Å². The van der Waals surface area contributed by atoms with Crippen LogP contribution in [0, 0.1) is 0 Å². The lowest BCUT2D eigenvalue weighted by molar-refractivity contribution is -0.137. The highest BCUT2D eigenvalue weighted by Crippen LogP contribution is 2.29. The van der Waals surface area contributed by atoms with Gasteiger partial charge in [-0.3, -0.25) is 24.5 Å². The third-order valence-corrected chi connectivity index (χ3v) is 5.96. The first kappa shape index (κ1) is 20.0. The predicted molar refractivity (Wildman–Crippen MR) is 114 cm³/mol. The lowest BCUT2D eigenvalue weighted by Crippen LogP contribution is -2.52. The number of para-hydroxylation sites is 1. The number of hydrogen-bond donors (Lipinski definition) is 2. The molecule has 5 rings (SSSR count). The summed E-state index contributed by atoms with van der Waals surface area (Å²) >= 11 is 0. The molecule has 0 aromatic heterocycles. The van der Waals surface area contributed by atoms with Crippen LogP contribution in [0.2, 0.25) is 0 Å². The van der Waals surface area contributed by atoms with E-state index in [1.54, 1.807) is 12.1 Å². The largest absolute Gasteiger partial charge is 0.488 e. The standard InChI is InChI=1S/C24H21N3O5/c28-21-8-7-19(23(30)26-21)27-12-16-9-14(5-6-18(16)24(27)31)11-25-22(29)17-10-15-3-1-2-4-20(15)32-13-17/h1-6,9-10,19H,7-8,11-13H2,(H,25,29)(H,26,28,30). The summed E-state index contributed by atoms with van der Waals surface area (Å²) < 4.78 is 5.64. The molecule has 1 unspecified atom stereocenters. The van der Waals surface area contributed by atoms with E-state index in [1.165, 1.54) is 4.90 Å². The van der Waals surface area contributed by atoms with E-state index in [1.807, 2.05) is 36.4 Å². The van der Waals surface area contributed by atoms with Gasteiger partial charge in [-0.15, -0.1) is 0 Å². The van der Waals surface area contributed by atoms with Crippen LogP contribution in [-0.4, -0.2) is 41.2 Å². The first-order valence-corrected chi connectivity index (χ1v) is 10.5. The second-order valence-electron chi connectivity index (χ2n) is 8.07. The SMILES string of the molecule is O=C1CCC(N2Cc3cc(CNC(=O)C4=Cc5ccccc5OC4)ccc3C2=O)C(=O)N1. The maximum absolute atomic E-state index is 12.8. The molecule has 3 aliphatic heterocycles. The van der Waals surface area contributed by atoms with Crippen LogP contribution in [0.4, 0.5) is 0 Å². The van der Waals surface area contributed by atoms with Gasteiger partial charge in [-0.05, 0) is 35.8 Å². The summed E-state index contributed by atoms with van der Waals surface area (Å²) in [6, 6.07) is 12.3. The van der Waals surface area contributed by atoms with Crippen LogP contribution < -0.4 is 15.4 Å². The Morgan fingerprint density at radius 1 is 1.16 bits per heavy atom. The topological polar surface area (TPSA) is 105 Å². The van der Waals surface area contributed by atoms with Gasteiger partial charge in [0, 0.05) is 30.6 Å². The molecular formula is C24H21N3O5. The smallest absolute Gasteiger partial charge is 0.255 e. The lowest BCUT2D eigenvalue weighted by Gasteiger charge is -2.29. The quantitative estimate of drug-likeness (QED) is 0.715. The van der Waals surface area contributed by atoms with Gasteiger partial charge in [0.15, 0.2) is 0 Å². The summed E-state index contributed by atoms with van der Waals surface area (Å²) in [5.74, 6) is -0.405. The van der Waals surface area contributed by atoms with E-state index in [0.29, 0.717) is 30.6 Å². The first-order chi connectivity index (χ1) is 15.5. The van der Waals surface area contributed by atoms with Gasteiger partial charge in [-0.2, -0.15) is 0 Å². The molecular weight excluding hydrogens is 410 g/mol. The molecule has 0 aliphatic carbocycles. The van der Waals surface area contributed by atoms with Gasteiger partial charge in [0.1, 0.15) is 18.4 Å². The maximum Gasteiger partial charge on any atom is 0.255 e. The van der Waals surface area contributed by atoms with E-state index >= 15 is 0 Å². The second kappa shape index (κ2) is 7.96. The van der Waals surface area contributed by atoms with E-state index < -0.39 is 11.9 Å². The maximum atomic E-state index is 12.8. The number of carbonyl (C=O) groups is 4. The van der Waals surface area contributed by atoms with E-state index in [0.717, 1.165) is 22.4 Å². The number of ether oxygens (including phenoxy) is 1. The highest BCUT2D eigenvalue weighted by atomic mass is 16.5. The number of carbonyl (C=O) groups excluding carboxylic acids is 4. The van der Waals surface area contributed by atoms with Crippen molar-refractivity contribution in [3.63, 3.8) is 0 Å². The second-order valence-corrected chi connectivity index (χ2v) is 8.07. The number of nitrogens with zero attached hydrogens (tertiary/aromatic N) is 1. The molecule has 2 N–H and O–H groups in total. The fourth-order valence-corrected chi connectivity index (χ4v) is 4.28. The average molecular weight is 431 g/mol. The minimum atomic E-state index is -0.642. The van der Waals surface area contributed by atoms with Gasteiger partial charge in [0.25, 0.3) is 11.8 Å². The van der Waals surface area contributed by atoms with Crippen molar-refractivity contribution >= 4 is 29.7 Å². The van der Waals surface area contributed by atoms with Crippen molar-refractivity contribution in [1.82, 2.24) is 15.5 Å². The highest BCUT2D eigenvalue weighted by molar-refractivity contribution is 6.05. The Balaban J connectivity index is 1.25. The molecule has 4 amide bonds. The predicted octanol–water partition coefficient (Wildman–Crippen LogP) is 1.54. The summed E-state index contributed by atoms with van der Waals surface area (Å²) in [5.41, 5.74) is 3.62. The Hall–Kier alpha value is -3.94. The van der Waals surface area contributed by atoms with E-state index in [9.17, 15) is 19.2 Å². The van der Waals surface area contributed by atoms with Crippen molar-refractivity contribution in [2.24, 2.45) is 0 Å². The molecule has 0 radical (unpaired) electrons. The third kappa shape index (κ3) is 3.64. The molecule has 1 fully saturated rings. The minimum Gasteiger partial charge on any atom is -0.488 e. The molecule has 1 saturated heterocycles. The molecule has 1 atom stereocenters. The summed E-state index contributed by atoms with van der Waals surface area (Å²) in [7, 11) is 0. The molecule has 0 bridgehead atoms. The Kier molecular flexibility index (Phi) is 4.97. The molecule has 8 nitrogen and oxygen atoms in total. The van der Waals surface area contributed by atoms with Crippen LogP contribution in [0.1, 0.15) is 39.9 Å². The molecule has 2 aromatic rings. The van der Waals surface area contributed by atoms with Crippen molar-refractivity contribution in [3.8, 4) is 5.75 Å². The van der Waals surface area contributed by atoms with Gasteiger partial charge in [-0.25, -0.2) is 0 Å². The van der Waals surface area contributed by atoms with Crippen LogP contribution in [0.3, 0.4) is 0 Å². The number of imide groups is 1. The monoisotopic (exact) mass is 431 g/mol. The van der Waals surface area contributed by atoms with E-state index in [2.05, 4.69) is 10.6 Å². The average Bonchev–Trinajstić information content (AvgIpc) is 3.12. The lowest BCUT2D eigenvalue weighted by atomic mass is 10.0. The molecule has 2 aromatic carbocycles. The van der Waals surface area contributed by atoms with Crippen LogP contribution in [-0.2, 0) is 27.5 Å². The summed E-state index contributed by atoms with van der Waals surface area (Å²) in [6.45, 7) is 0.818. The molecule has 32 heavy (non-hydrogen) atoms. The Morgan fingerprint density at radius 2 is 2.00 bits per heavy atom. The first-order valence-electron chi connectivity index (χ1n) is 10.5. The van der Waals surface area contributed by atoms with Gasteiger partial charge >= 0.3 is 0 Å². The van der Waals surface area contributed by atoms with Crippen LogP contribution in [0.15, 0.2) is 48.0 Å². The minimum absolute atomic E-state index is 0.207. The summed E-state index contributed by atoms with van der Waals surface area (Å²) in [4.78, 5) is 50.5. The Morgan fingerprint density at radius 3 is 2.84 bits per heavy atom. The van der Waals surface area contributed by atoms with Crippen molar-refractivity contribution in [3.05, 3.63) is 70.3 Å². The third-order valence-electron chi connectivity index (χ3n) is 5.96. The van der Waals surface area contributed by atoms with Crippen LogP contribution >= 0.6 is 0 Å². The fraction of sp³-hybridized carbons (Fsp3) is 0.250. The Bertz CT molecular complexity index is 1190. The van der Waals surface area contributed by atoms with Crippen molar-refractivity contribution < 1.29 is 23.9 Å². The molecule has 162 valence electrons.